The average molecular weight is 243 g/mol. The van der Waals surface area contributed by atoms with Crippen LogP contribution in [-0.4, -0.2) is 6.54 Å². The molecule has 0 amide bonds. The maximum Gasteiger partial charge on any atom is 0.0377 e. The first kappa shape index (κ1) is 12.2. The summed E-state index contributed by atoms with van der Waals surface area (Å²) in [6, 6.07) is 9.50. The number of benzene rings is 1. The molecular weight excluding hydrogens is 218 g/mol. The predicted octanol–water partition coefficient (Wildman–Crippen LogP) is 4.09. The van der Waals surface area contributed by atoms with Crippen LogP contribution in [0.2, 0.25) is 0 Å². The highest BCUT2D eigenvalue weighted by Crippen LogP contribution is 2.50. The molecule has 3 rings (SSSR count). The molecule has 1 fully saturated rings. The molecule has 1 saturated carbocycles. The molecule has 18 heavy (non-hydrogen) atoms. The second kappa shape index (κ2) is 4.09. The van der Waals surface area contributed by atoms with Crippen molar-refractivity contribution in [1.29, 1.82) is 0 Å². The summed E-state index contributed by atoms with van der Waals surface area (Å²) < 4.78 is 0. The van der Waals surface area contributed by atoms with Crippen molar-refractivity contribution in [3.8, 4) is 0 Å². The van der Waals surface area contributed by atoms with Crippen molar-refractivity contribution in [3.63, 3.8) is 0 Å². The van der Waals surface area contributed by atoms with E-state index in [2.05, 4.69) is 50.4 Å². The Morgan fingerprint density at radius 2 is 1.94 bits per heavy atom. The van der Waals surface area contributed by atoms with E-state index in [1.807, 2.05) is 0 Å². The molecule has 1 aromatic carbocycles. The van der Waals surface area contributed by atoms with Crippen molar-refractivity contribution >= 4 is 0 Å². The summed E-state index contributed by atoms with van der Waals surface area (Å²) in [6.45, 7) is 8.33. The van der Waals surface area contributed by atoms with E-state index in [1.165, 1.54) is 37.8 Å². The zero-order valence-electron chi connectivity index (χ0n) is 11.9. The molecule has 1 atom stereocenters. The normalized spacial score (nSPS) is 26.9. The van der Waals surface area contributed by atoms with Gasteiger partial charge in [-0.2, -0.15) is 0 Å². The average Bonchev–Trinajstić information content (AvgIpc) is 3.06. The highest BCUT2D eigenvalue weighted by atomic mass is 15.0. The zero-order valence-corrected chi connectivity index (χ0v) is 11.9. The largest absolute Gasteiger partial charge is 0.309 e. The first-order valence-corrected chi connectivity index (χ1v) is 7.38. The summed E-state index contributed by atoms with van der Waals surface area (Å²) in [7, 11) is 0. The lowest BCUT2D eigenvalue weighted by molar-refractivity contribution is 0.252. The molecule has 1 nitrogen and oxygen atoms in total. The van der Waals surface area contributed by atoms with Crippen molar-refractivity contribution in [2.75, 3.05) is 6.54 Å². The topological polar surface area (TPSA) is 12.0 Å². The maximum absolute atomic E-state index is 3.88. The Labute approximate surface area is 111 Å². The molecule has 98 valence electrons. The summed E-state index contributed by atoms with van der Waals surface area (Å²) in [5, 5.41) is 3.88. The van der Waals surface area contributed by atoms with Gasteiger partial charge in [0.2, 0.25) is 0 Å². The first-order chi connectivity index (χ1) is 8.56. The Morgan fingerprint density at radius 1 is 1.22 bits per heavy atom. The van der Waals surface area contributed by atoms with Gasteiger partial charge >= 0.3 is 0 Å². The van der Waals surface area contributed by atoms with E-state index in [4.69, 9.17) is 0 Å². The van der Waals surface area contributed by atoms with Crippen LogP contribution < -0.4 is 5.32 Å². The van der Waals surface area contributed by atoms with Crippen molar-refractivity contribution in [3.05, 3.63) is 35.4 Å². The number of rotatable bonds is 4. The highest BCUT2D eigenvalue weighted by Gasteiger charge is 2.44. The summed E-state index contributed by atoms with van der Waals surface area (Å²) in [4.78, 5) is 0. The Kier molecular flexibility index (Phi) is 2.78. The molecule has 1 N–H and O–H groups in total. The van der Waals surface area contributed by atoms with E-state index in [-0.39, 0.29) is 0 Å². The van der Waals surface area contributed by atoms with E-state index in [0.717, 1.165) is 0 Å². The van der Waals surface area contributed by atoms with Gasteiger partial charge in [-0.15, -0.1) is 0 Å². The van der Waals surface area contributed by atoms with Crippen LogP contribution in [0, 0.1) is 10.8 Å². The van der Waals surface area contributed by atoms with Crippen LogP contribution >= 0.6 is 0 Å². The minimum atomic E-state index is 0.355. The standard InChI is InChI=1S/C17H25N/c1-4-17(9-10-17)12-18-15-14-8-6-5-7-13(14)11-16(15,2)3/h5-8,15,18H,4,9-12H2,1-3H3. The molecule has 1 aromatic rings. The van der Waals surface area contributed by atoms with Gasteiger partial charge in [0.1, 0.15) is 0 Å². The SMILES string of the molecule is CCC1(CNC2c3ccccc3CC2(C)C)CC1. The minimum Gasteiger partial charge on any atom is -0.309 e. The van der Waals surface area contributed by atoms with Crippen LogP contribution in [0.4, 0.5) is 0 Å². The maximum atomic E-state index is 3.88. The summed E-state index contributed by atoms with van der Waals surface area (Å²) >= 11 is 0. The van der Waals surface area contributed by atoms with Gasteiger partial charge in [0, 0.05) is 12.6 Å². The summed E-state index contributed by atoms with van der Waals surface area (Å²) in [5.74, 6) is 0. The lowest BCUT2D eigenvalue weighted by atomic mass is 9.85. The molecular formula is C17H25N. The second-order valence-corrected chi connectivity index (χ2v) is 7.03. The van der Waals surface area contributed by atoms with Gasteiger partial charge in [0.05, 0.1) is 0 Å². The van der Waals surface area contributed by atoms with Gasteiger partial charge in [0.15, 0.2) is 0 Å². The third-order valence-electron chi connectivity index (χ3n) is 5.18. The van der Waals surface area contributed by atoms with Crippen LogP contribution in [0.1, 0.15) is 57.2 Å². The lowest BCUT2D eigenvalue weighted by Gasteiger charge is -2.30. The number of hydrogen-bond donors (Lipinski definition) is 1. The molecule has 0 aromatic heterocycles. The second-order valence-electron chi connectivity index (χ2n) is 7.03. The van der Waals surface area contributed by atoms with Gasteiger partial charge in [-0.05, 0) is 47.6 Å². The van der Waals surface area contributed by atoms with E-state index >= 15 is 0 Å². The zero-order chi connectivity index (χ0) is 12.8. The monoisotopic (exact) mass is 243 g/mol. The minimum absolute atomic E-state index is 0.355. The van der Waals surface area contributed by atoms with E-state index in [9.17, 15) is 0 Å². The van der Waals surface area contributed by atoms with Crippen LogP contribution in [-0.2, 0) is 6.42 Å². The van der Waals surface area contributed by atoms with Gasteiger partial charge in [-0.3, -0.25) is 0 Å². The van der Waals surface area contributed by atoms with Gasteiger partial charge in [-0.1, -0.05) is 45.0 Å². The predicted molar refractivity (Wildman–Crippen MR) is 76.6 cm³/mol. The molecule has 1 unspecified atom stereocenters. The third-order valence-corrected chi connectivity index (χ3v) is 5.18. The fourth-order valence-corrected chi connectivity index (χ4v) is 3.53. The smallest absolute Gasteiger partial charge is 0.0377 e. The number of fused-ring (bicyclic) bond motifs is 1. The van der Waals surface area contributed by atoms with Gasteiger partial charge in [-0.25, -0.2) is 0 Å². The summed E-state index contributed by atoms with van der Waals surface area (Å²) in [5.41, 5.74) is 4.07. The molecule has 0 heterocycles. The Hall–Kier alpha value is -0.820. The molecule has 2 aliphatic carbocycles. The van der Waals surface area contributed by atoms with E-state index < -0.39 is 0 Å². The lowest BCUT2D eigenvalue weighted by Crippen LogP contribution is -2.34. The Balaban J connectivity index is 1.77. The molecule has 2 aliphatic rings. The number of hydrogen-bond acceptors (Lipinski definition) is 1. The first-order valence-electron chi connectivity index (χ1n) is 7.38. The van der Waals surface area contributed by atoms with Crippen molar-refractivity contribution in [1.82, 2.24) is 5.32 Å². The molecule has 0 saturated heterocycles. The molecule has 0 bridgehead atoms. The van der Waals surface area contributed by atoms with Crippen molar-refractivity contribution in [2.45, 2.75) is 52.5 Å². The van der Waals surface area contributed by atoms with E-state index in [1.54, 1.807) is 5.56 Å². The van der Waals surface area contributed by atoms with Gasteiger partial charge < -0.3 is 5.32 Å². The highest BCUT2D eigenvalue weighted by molar-refractivity contribution is 5.37. The van der Waals surface area contributed by atoms with E-state index in [0.29, 0.717) is 16.9 Å². The van der Waals surface area contributed by atoms with Crippen LogP contribution in [0.3, 0.4) is 0 Å². The quantitative estimate of drug-likeness (QED) is 0.840. The summed E-state index contributed by atoms with van der Waals surface area (Å²) in [6.07, 6.45) is 5.38. The molecule has 0 radical (unpaired) electrons. The molecule has 1 heteroatoms. The van der Waals surface area contributed by atoms with Gasteiger partial charge in [0.25, 0.3) is 0 Å². The van der Waals surface area contributed by atoms with Crippen LogP contribution in [0.15, 0.2) is 24.3 Å². The number of nitrogens with one attached hydrogen (secondary N) is 1. The van der Waals surface area contributed by atoms with Crippen LogP contribution in [0.25, 0.3) is 0 Å². The van der Waals surface area contributed by atoms with Crippen molar-refractivity contribution in [2.24, 2.45) is 10.8 Å². The fraction of sp³-hybridized carbons (Fsp3) is 0.647. The third kappa shape index (κ3) is 1.99. The Morgan fingerprint density at radius 3 is 2.61 bits per heavy atom. The molecule has 0 aliphatic heterocycles. The molecule has 0 spiro atoms. The Bertz CT molecular complexity index is 443. The fourth-order valence-electron chi connectivity index (χ4n) is 3.53. The van der Waals surface area contributed by atoms with Crippen LogP contribution in [0.5, 0.6) is 0 Å². The van der Waals surface area contributed by atoms with Crippen molar-refractivity contribution < 1.29 is 0 Å².